The highest BCUT2D eigenvalue weighted by molar-refractivity contribution is 5.91. The number of hydrogen-bond acceptors (Lipinski definition) is 7. The molecule has 4 fully saturated rings. The molecule has 0 atom stereocenters. The van der Waals surface area contributed by atoms with E-state index in [-0.39, 0.29) is 18.3 Å². The van der Waals surface area contributed by atoms with Crippen molar-refractivity contribution in [2.75, 3.05) is 60.9 Å². The van der Waals surface area contributed by atoms with Gasteiger partial charge in [0.2, 0.25) is 11.9 Å². The zero-order chi connectivity index (χ0) is 23.8. The number of para-hydroxylation sites is 1. The third-order valence-corrected chi connectivity index (χ3v) is 8.22. The highest BCUT2D eigenvalue weighted by Crippen LogP contribution is 2.57. The lowest BCUT2D eigenvalue weighted by Crippen LogP contribution is -2.72. The number of hydrogen-bond donors (Lipinski definition) is 1. The Morgan fingerprint density at radius 2 is 1.66 bits per heavy atom. The zero-order valence-corrected chi connectivity index (χ0v) is 19.8. The first-order valence-corrected chi connectivity index (χ1v) is 12.4. The van der Waals surface area contributed by atoms with Crippen molar-refractivity contribution < 1.29 is 8.78 Å². The number of anilines is 4. The summed E-state index contributed by atoms with van der Waals surface area (Å²) in [6, 6.07) is 10.0. The number of likely N-dealkylation sites (tertiary alicyclic amines) is 1. The highest BCUT2D eigenvalue weighted by Gasteiger charge is 2.61. The van der Waals surface area contributed by atoms with Gasteiger partial charge in [-0.15, -0.1) is 0 Å². The average Bonchev–Trinajstić information content (AvgIpc) is 2.74. The van der Waals surface area contributed by atoms with Gasteiger partial charge in [0.15, 0.2) is 0 Å². The molecule has 2 spiro atoms. The van der Waals surface area contributed by atoms with Crippen LogP contribution in [0.1, 0.15) is 19.8 Å². The van der Waals surface area contributed by atoms with Gasteiger partial charge >= 0.3 is 0 Å². The molecule has 5 heterocycles. The predicted octanol–water partition coefficient (Wildman–Crippen LogP) is 4.15. The Morgan fingerprint density at radius 1 is 0.886 bits per heavy atom. The van der Waals surface area contributed by atoms with E-state index in [9.17, 15) is 8.78 Å². The van der Waals surface area contributed by atoms with Crippen LogP contribution in [0.2, 0.25) is 0 Å². The minimum absolute atomic E-state index is 0.000315. The molecule has 0 radical (unpaired) electrons. The summed E-state index contributed by atoms with van der Waals surface area (Å²) in [5.41, 5.74) is 3.21. The number of pyridine rings is 1. The maximum Gasteiger partial charge on any atom is 0.249 e. The van der Waals surface area contributed by atoms with Gasteiger partial charge in [0.05, 0.1) is 23.1 Å². The standard InChI is InChI=1S/C26H29F2N7/c1-2-33-12-25(13-33)16-34(17-25)19-6-7-21(29-9-19)31-23-30-8-18-4-3-5-20(22(18)32-23)35-14-24(15-35)10-26(27,28)11-24/h3-9H,2,10-17H2,1H3,(H,29,30,31,32). The number of benzene rings is 1. The molecule has 182 valence electrons. The topological polar surface area (TPSA) is 60.4 Å². The molecule has 1 aromatic carbocycles. The first kappa shape index (κ1) is 21.2. The first-order valence-electron chi connectivity index (χ1n) is 12.4. The maximum absolute atomic E-state index is 13.4. The normalized spacial score (nSPS) is 23.5. The van der Waals surface area contributed by atoms with Crippen LogP contribution in [-0.2, 0) is 0 Å². The zero-order valence-electron chi connectivity index (χ0n) is 19.8. The van der Waals surface area contributed by atoms with Crippen LogP contribution in [0.3, 0.4) is 0 Å². The lowest BCUT2D eigenvalue weighted by molar-refractivity contribution is -0.170. The van der Waals surface area contributed by atoms with E-state index in [4.69, 9.17) is 4.98 Å². The molecule has 0 unspecified atom stereocenters. The fourth-order valence-electron chi connectivity index (χ4n) is 6.59. The van der Waals surface area contributed by atoms with Gasteiger partial charge in [-0.3, -0.25) is 0 Å². The summed E-state index contributed by atoms with van der Waals surface area (Å²) in [5.74, 6) is -1.31. The van der Waals surface area contributed by atoms with Gasteiger partial charge < -0.3 is 20.0 Å². The molecule has 3 saturated heterocycles. The fraction of sp³-hybridized carbons (Fsp3) is 0.500. The molecule has 1 saturated carbocycles. The fourth-order valence-corrected chi connectivity index (χ4v) is 6.59. The molecule has 0 amide bonds. The minimum atomic E-state index is -2.49. The number of fused-ring (bicyclic) bond motifs is 1. The molecule has 4 aliphatic rings. The molecule has 0 bridgehead atoms. The molecule has 35 heavy (non-hydrogen) atoms. The van der Waals surface area contributed by atoms with E-state index in [1.807, 2.05) is 30.5 Å². The first-order chi connectivity index (χ1) is 16.8. The Morgan fingerprint density at radius 3 is 2.34 bits per heavy atom. The lowest BCUT2D eigenvalue weighted by Gasteiger charge is -2.61. The number of alkyl halides is 2. The summed E-state index contributed by atoms with van der Waals surface area (Å²) in [5, 5.41) is 4.16. The van der Waals surface area contributed by atoms with E-state index in [1.165, 1.54) is 13.1 Å². The molecule has 7 rings (SSSR count). The third kappa shape index (κ3) is 3.51. The van der Waals surface area contributed by atoms with Gasteiger partial charge in [-0.2, -0.15) is 0 Å². The van der Waals surface area contributed by atoms with E-state index in [0.29, 0.717) is 30.3 Å². The largest absolute Gasteiger partial charge is 0.369 e. The second-order valence-electron chi connectivity index (χ2n) is 11.2. The van der Waals surface area contributed by atoms with Crippen molar-refractivity contribution in [2.24, 2.45) is 10.8 Å². The summed E-state index contributed by atoms with van der Waals surface area (Å²) in [4.78, 5) is 20.9. The lowest BCUT2D eigenvalue weighted by atomic mass is 9.61. The summed E-state index contributed by atoms with van der Waals surface area (Å²) in [6.45, 7) is 9.29. The third-order valence-electron chi connectivity index (χ3n) is 8.22. The molecular formula is C26H29F2N7. The Kier molecular flexibility index (Phi) is 4.38. The number of aromatic nitrogens is 3. The molecule has 3 aliphatic heterocycles. The molecule has 2 aromatic heterocycles. The average molecular weight is 478 g/mol. The van der Waals surface area contributed by atoms with Crippen molar-refractivity contribution in [2.45, 2.75) is 25.7 Å². The molecule has 3 aromatic rings. The van der Waals surface area contributed by atoms with E-state index in [1.54, 1.807) is 6.20 Å². The van der Waals surface area contributed by atoms with Crippen LogP contribution in [0.15, 0.2) is 42.7 Å². The molecule has 7 nitrogen and oxygen atoms in total. The summed E-state index contributed by atoms with van der Waals surface area (Å²) >= 11 is 0. The van der Waals surface area contributed by atoms with Crippen LogP contribution < -0.4 is 15.1 Å². The van der Waals surface area contributed by atoms with Crippen molar-refractivity contribution in [3.05, 3.63) is 42.7 Å². The second-order valence-corrected chi connectivity index (χ2v) is 11.2. The van der Waals surface area contributed by atoms with Crippen LogP contribution >= 0.6 is 0 Å². The number of nitrogens with zero attached hydrogens (tertiary/aromatic N) is 6. The molecule has 9 heteroatoms. The van der Waals surface area contributed by atoms with Crippen LogP contribution in [-0.4, -0.2) is 71.6 Å². The second kappa shape index (κ2) is 7.22. The Balaban J connectivity index is 1.03. The van der Waals surface area contributed by atoms with Crippen molar-refractivity contribution in [1.82, 2.24) is 19.9 Å². The number of nitrogens with one attached hydrogen (secondary N) is 1. The van der Waals surface area contributed by atoms with E-state index in [0.717, 1.165) is 41.9 Å². The van der Waals surface area contributed by atoms with Gasteiger partial charge in [0.1, 0.15) is 5.82 Å². The summed E-state index contributed by atoms with van der Waals surface area (Å²) in [6.07, 6.45) is 3.71. The van der Waals surface area contributed by atoms with E-state index >= 15 is 0 Å². The highest BCUT2D eigenvalue weighted by atomic mass is 19.3. The van der Waals surface area contributed by atoms with E-state index < -0.39 is 5.92 Å². The summed E-state index contributed by atoms with van der Waals surface area (Å²) < 4.78 is 26.8. The number of rotatable bonds is 5. The van der Waals surface area contributed by atoms with Crippen LogP contribution in [0.25, 0.3) is 10.9 Å². The Labute approximate surface area is 203 Å². The monoisotopic (exact) mass is 477 g/mol. The van der Waals surface area contributed by atoms with Gasteiger partial charge in [-0.05, 0) is 24.7 Å². The minimum Gasteiger partial charge on any atom is -0.369 e. The van der Waals surface area contributed by atoms with E-state index in [2.05, 4.69) is 43.0 Å². The van der Waals surface area contributed by atoms with Gasteiger partial charge in [-0.1, -0.05) is 19.1 Å². The Bertz CT molecular complexity index is 1260. The van der Waals surface area contributed by atoms with Crippen LogP contribution in [0.4, 0.5) is 31.9 Å². The van der Waals surface area contributed by atoms with Crippen molar-refractivity contribution in [1.29, 1.82) is 0 Å². The van der Waals surface area contributed by atoms with Crippen LogP contribution in [0.5, 0.6) is 0 Å². The summed E-state index contributed by atoms with van der Waals surface area (Å²) in [7, 11) is 0. The molecule has 1 N–H and O–H groups in total. The van der Waals surface area contributed by atoms with Crippen LogP contribution in [0, 0.1) is 10.8 Å². The van der Waals surface area contributed by atoms with Gasteiger partial charge in [0, 0.05) is 74.5 Å². The quantitative estimate of drug-likeness (QED) is 0.593. The predicted molar refractivity (Wildman–Crippen MR) is 133 cm³/mol. The Hall–Kier alpha value is -3.07. The molecule has 1 aliphatic carbocycles. The molecular weight excluding hydrogens is 448 g/mol. The van der Waals surface area contributed by atoms with Gasteiger partial charge in [-0.25, -0.2) is 23.7 Å². The van der Waals surface area contributed by atoms with Crippen molar-refractivity contribution >= 4 is 34.0 Å². The van der Waals surface area contributed by atoms with Gasteiger partial charge in [0.25, 0.3) is 0 Å². The van der Waals surface area contributed by atoms with Crippen molar-refractivity contribution in [3.8, 4) is 0 Å². The maximum atomic E-state index is 13.4. The SMILES string of the molecule is CCN1CC2(C1)CN(c1ccc(Nc3ncc4cccc(N5CC6(C5)CC(F)(F)C6)c4n3)nc1)C2. The van der Waals surface area contributed by atoms with Crippen molar-refractivity contribution in [3.63, 3.8) is 0 Å². The number of halogens is 2. The smallest absolute Gasteiger partial charge is 0.249 e.